The molecule has 0 saturated carbocycles. The molecule has 2 N–H and O–H groups in total. The number of hydrogen-bond acceptors (Lipinski definition) is 3. The van der Waals surface area contributed by atoms with Gasteiger partial charge in [0.15, 0.2) is 0 Å². The summed E-state index contributed by atoms with van der Waals surface area (Å²) in [5.41, 5.74) is 10.6. The van der Waals surface area contributed by atoms with Gasteiger partial charge in [0.25, 0.3) is 0 Å². The van der Waals surface area contributed by atoms with Crippen molar-refractivity contribution in [3.05, 3.63) is 193 Å². The van der Waals surface area contributed by atoms with E-state index in [0.29, 0.717) is 0 Å². The van der Waals surface area contributed by atoms with Gasteiger partial charge in [0.1, 0.15) is 18.2 Å². The fraction of sp³-hybridized carbons (Fsp3) is 0.0816. The lowest BCUT2D eigenvalue weighted by Gasteiger charge is -2.32. The summed E-state index contributed by atoms with van der Waals surface area (Å²) in [6, 6.07) is 57.1. The molecule has 258 valence electrons. The van der Waals surface area contributed by atoms with Gasteiger partial charge >= 0.3 is 0 Å². The summed E-state index contributed by atoms with van der Waals surface area (Å²) in [5, 5.41) is 15.0. The number of aromatic nitrogens is 2. The van der Waals surface area contributed by atoms with Gasteiger partial charge in [0.2, 0.25) is 0 Å². The van der Waals surface area contributed by atoms with Crippen molar-refractivity contribution in [3.8, 4) is 11.4 Å². The molecule has 2 aliphatic rings. The average molecular weight is 696 g/mol. The van der Waals surface area contributed by atoms with Gasteiger partial charge in [-0.05, 0) is 60.4 Å². The maximum atomic E-state index is 5.24. The van der Waals surface area contributed by atoms with Crippen molar-refractivity contribution in [1.29, 1.82) is 0 Å². The second-order valence-corrected chi connectivity index (χ2v) is 14.3. The fourth-order valence-electron chi connectivity index (χ4n) is 8.79. The maximum Gasteiger partial charge on any atom is 0.131 e. The van der Waals surface area contributed by atoms with Gasteiger partial charge in [-0.3, -0.25) is 5.32 Å². The van der Waals surface area contributed by atoms with E-state index in [1.54, 1.807) is 0 Å². The van der Waals surface area contributed by atoms with Crippen molar-refractivity contribution in [3.63, 3.8) is 0 Å². The summed E-state index contributed by atoms with van der Waals surface area (Å²) in [7, 11) is 0. The van der Waals surface area contributed by atoms with E-state index in [0.717, 1.165) is 41.2 Å². The molecule has 11 rings (SSSR count). The van der Waals surface area contributed by atoms with Crippen LogP contribution in [0.15, 0.2) is 187 Å². The Hall–Kier alpha value is -6.69. The monoisotopic (exact) mass is 695 g/mol. The van der Waals surface area contributed by atoms with E-state index in [2.05, 4.69) is 196 Å². The van der Waals surface area contributed by atoms with Crippen LogP contribution in [0.25, 0.3) is 65.8 Å². The summed E-state index contributed by atoms with van der Waals surface area (Å²) >= 11 is 0. The number of nitrogens with zero attached hydrogens (tertiary/aromatic N) is 3. The molecule has 5 heteroatoms. The first-order valence-electron chi connectivity index (χ1n) is 18.9. The number of nitrogens with one attached hydrogen (secondary N) is 2. The standard InChI is InChI=1S/C49H37N5/c1-4-16-32(17-5-1)47-50-48(33-18-6-2-7-19-33)52-49(51-47)34-28-30-36(31-29-34)54-42-27-15-13-25-40(42)44-43-39-24-12-14-26-41(39)53(35-20-8-3-9-21-35)45(43)37-22-10-11-23-38(37)46(44)54/h1,3-6,8-31,47,49,51H,2,7H2,(H,50,52). The van der Waals surface area contributed by atoms with Gasteiger partial charge in [0.05, 0.1) is 22.1 Å². The van der Waals surface area contributed by atoms with Gasteiger partial charge in [-0.1, -0.05) is 140 Å². The van der Waals surface area contributed by atoms with Gasteiger partial charge < -0.3 is 14.5 Å². The molecule has 5 nitrogen and oxygen atoms in total. The Balaban J connectivity index is 1.13. The quantitative estimate of drug-likeness (QED) is 0.188. The molecule has 2 aromatic heterocycles. The molecule has 54 heavy (non-hydrogen) atoms. The van der Waals surface area contributed by atoms with Crippen molar-refractivity contribution >= 4 is 60.2 Å². The van der Waals surface area contributed by atoms with Gasteiger partial charge in [-0.15, -0.1) is 0 Å². The fourth-order valence-corrected chi connectivity index (χ4v) is 8.79. The molecule has 9 aromatic rings. The zero-order valence-electron chi connectivity index (χ0n) is 29.7. The number of aliphatic imine (C=N–C) groups is 1. The first-order valence-corrected chi connectivity index (χ1v) is 18.9. The molecule has 7 aromatic carbocycles. The number of amidine groups is 1. The Bertz CT molecular complexity index is 2980. The smallest absolute Gasteiger partial charge is 0.131 e. The van der Waals surface area contributed by atoms with E-state index < -0.39 is 0 Å². The van der Waals surface area contributed by atoms with Crippen LogP contribution in [0.5, 0.6) is 0 Å². The molecule has 0 spiro atoms. The Kier molecular flexibility index (Phi) is 7.13. The molecular formula is C49H37N5. The Morgan fingerprint density at radius 3 is 1.63 bits per heavy atom. The van der Waals surface area contributed by atoms with E-state index in [9.17, 15) is 0 Å². The predicted octanol–water partition coefficient (Wildman–Crippen LogP) is 11.6. The Morgan fingerprint density at radius 1 is 0.500 bits per heavy atom. The number of rotatable bonds is 5. The van der Waals surface area contributed by atoms with E-state index in [4.69, 9.17) is 4.99 Å². The molecule has 1 aliphatic heterocycles. The van der Waals surface area contributed by atoms with Crippen LogP contribution in [0.2, 0.25) is 0 Å². The first kappa shape index (κ1) is 30.9. The molecule has 0 radical (unpaired) electrons. The lowest BCUT2D eigenvalue weighted by molar-refractivity contribution is 0.409. The second-order valence-electron chi connectivity index (χ2n) is 14.3. The van der Waals surface area contributed by atoms with Crippen LogP contribution in [-0.2, 0) is 0 Å². The van der Waals surface area contributed by atoms with Crippen molar-refractivity contribution in [2.75, 3.05) is 0 Å². The summed E-state index contributed by atoms with van der Waals surface area (Å²) in [4.78, 5) is 5.24. The number of allylic oxidation sites excluding steroid dienone is 2. The van der Waals surface area contributed by atoms with Crippen LogP contribution >= 0.6 is 0 Å². The summed E-state index contributed by atoms with van der Waals surface area (Å²) in [6.07, 6.45) is 8.56. The lowest BCUT2D eigenvalue weighted by atomic mass is 9.99. The van der Waals surface area contributed by atoms with Crippen molar-refractivity contribution in [2.45, 2.75) is 25.2 Å². The number of fused-ring (bicyclic) bond motifs is 10. The van der Waals surface area contributed by atoms with Crippen molar-refractivity contribution in [2.24, 2.45) is 4.99 Å². The highest BCUT2D eigenvalue weighted by molar-refractivity contribution is 6.37. The first-order chi connectivity index (χ1) is 26.8. The molecule has 0 bridgehead atoms. The molecule has 2 atom stereocenters. The normalized spacial score (nSPS) is 17.3. The largest absolute Gasteiger partial charge is 0.350 e. The van der Waals surface area contributed by atoms with Gasteiger partial charge in [-0.25, -0.2) is 4.99 Å². The third kappa shape index (κ3) is 4.79. The number of para-hydroxylation sites is 3. The van der Waals surface area contributed by atoms with E-state index in [1.165, 1.54) is 59.9 Å². The molecule has 0 amide bonds. The molecule has 3 heterocycles. The van der Waals surface area contributed by atoms with Crippen LogP contribution in [0.4, 0.5) is 0 Å². The molecule has 0 saturated heterocycles. The molecule has 2 unspecified atom stereocenters. The third-order valence-electron chi connectivity index (χ3n) is 11.2. The van der Waals surface area contributed by atoms with Gasteiger partial charge in [0, 0.05) is 49.3 Å². The highest BCUT2D eigenvalue weighted by atomic mass is 15.3. The third-order valence-corrected chi connectivity index (χ3v) is 11.2. The van der Waals surface area contributed by atoms with Crippen LogP contribution in [-0.4, -0.2) is 15.0 Å². The van der Waals surface area contributed by atoms with Crippen LogP contribution < -0.4 is 10.6 Å². The zero-order valence-corrected chi connectivity index (χ0v) is 29.7. The SMILES string of the molecule is C1=CC(C2=NC(c3ccc(-n4c5ccccc5c5c6c7ccccc7n(-c7ccccc7)c6c6ccccc6c54)cc3)NC(c3ccccc3)N2)=CCC1. The molecule has 1 aliphatic carbocycles. The maximum absolute atomic E-state index is 5.24. The minimum atomic E-state index is -0.209. The predicted molar refractivity (Wildman–Crippen MR) is 225 cm³/mol. The zero-order chi connectivity index (χ0) is 35.6. The number of hydrogen-bond donors (Lipinski definition) is 2. The minimum Gasteiger partial charge on any atom is -0.350 e. The Morgan fingerprint density at radius 2 is 1.04 bits per heavy atom. The second kappa shape index (κ2) is 12.5. The summed E-state index contributed by atoms with van der Waals surface area (Å²) in [6.45, 7) is 0. The molecular weight excluding hydrogens is 659 g/mol. The summed E-state index contributed by atoms with van der Waals surface area (Å²) < 4.78 is 4.93. The van der Waals surface area contributed by atoms with Crippen LogP contribution in [0.3, 0.4) is 0 Å². The average Bonchev–Trinajstić information content (AvgIpc) is 3.79. The minimum absolute atomic E-state index is 0.0660. The molecule has 0 fully saturated rings. The van der Waals surface area contributed by atoms with E-state index in [1.807, 2.05) is 0 Å². The topological polar surface area (TPSA) is 46.3 Å². The van der Waals surface area contributed by atoms with E-state index >= 15 is 0 Å². The Labute approximate surface area is 313 Å². The highest BCUT2D eigenvalue weighted by Gasteiger charge is 2.27. The lowest BCUT2D eigenvalue weighted by Crippen LogP contribution is -2.45. The van der Waals surface area contributed by atoms with Crippen molar-refractivity contribution < 1.29 is 0 Å². The van der Waals surface area contributed by atoms with E-state index in [-0.39, 0.29) is 12.3 Å². The van der Waals surface area contributed by atoms with Crippen molar-refractivity contribution in [1.82, 2.24) is 19.8 Å². The number of benzene rings is 7. The van der Waals surface area contributed by atoms with Crippen LogP contribution in [0.1, 0.15) is 36.3 Å². The van der Waals surface area contributed by atoms with Crippen LogP contribution in [0, 0.1) is 0 Å². The highest BCUT2D eigenvalue weighted by Crippen LogP contribution is 2.46. The van der Waals surface area contributed by atoms with Gasteiger partial charge in [-0.2, -0.15) is 0 Å². The summed E-state index contributed by atoms with van der Waals surface area (Å²) in [5.74, 6) is 0.931.